The fourth-order valence-corrected chi connectivity index (χ4v) is 8.87. The molecule has 0 aliphatic heterocycles. The van der Waals surface area contributed by atoms with Gasteiger partial charge in [0.2, 0.25) is 0 Å². The maximum Gasteiger partial charge on any atom is 1.00 e. The molecule has 344 valence electrons. The van der Waals surface area contributed by atoms with Gasteiger partial charge in [-0.25, -0.2) is 38.5 Å². The summed E-state index contributed by atoms with van der Waals surface area (Å²) in [5.41, 5.74) is 1.61. The molecule has 22 nitrogen and oxygen atoms in total. The number of rotatable bonds is 14. The van der Waals surface area contributed by atoms with Gasteiger partial charge in [0.15, 0.2) is 0 Å². The molecule has 5 N–H and O–H groups in total. The van der Waals surface area contributed by atoms with E-state index < -0.39 is 66.1 Å². The summed E-state index contributed by atoms with van der Waals surface area (Å²) in [6, 6.07) is 18.8. The fourth-order valence-electron chi connectivity index (χ4n) is 6.07. The van der Waals surface area contributed by atoms with E-state index in [0.717, 1.165) is 48.5 Å². The van der Waals surface area contributed by atoms with Crippen LogP contribution in [0.4, 0.5) is 38.9 Å². The van der Waals surface area contributed by atoms with Crippen molar-refractivity contribution in [2.75, 3.05) is 36.9 Å². The number of hydrogen-bond acceptors (Lipinski definition) is 20. The molecular formula is C39H35N7Na4O15S4. The van der Waals surface area contributed by atoms with E-state index in [4.69, 9.17) is 10.2 Å². The number of anilines is 2. The number of nitrogens with zero attached hydrogens (tertiary/aromatic N) is 4. The largest absolute Gasteiger partial charge is 1.00 e. The predicted molar refractivity (Wildman–Crippen MR) is 230 cm³/mol. The van der Waals surface area contributed by atoms with Gasteiger partial charge in [-0.2, -0.15) is 20.5 Å². The van der Waals surface area contributed by atoms with Gasteiger partial charge in [-0.05, 0) is 97.8 Å². The molecule has 0 saturated carbocycles. The first-order valence-electron chi connectivity index (χ1n) is 18.4. The number of amides is 2. The summed E-state index contributed by atoms with van der Waals surface area (Å²) < 4.78 is 143. The second-order valence-corrected chi connectivity index (χ2v) is 19.0. The standard InChI is InChI=1S/C35H28N6O13S4.C4H11NO2.4Na/c1-19-13-21(9-11-29(19)40-38-23-15-27-25(33(17-23)57(49,50)51)5-3-7-31(27)55(43,44)45)36-35(42)37-22-10-12-30(20(2)14-22)41-39-24-16-28-26(34(18-24)58(52,53)54)6-4-8-32(28)56(46,47)48;6-3-1-5-2-4-7;;;;/h3-18H,1-2H3,(H2,36,37,42)(H,43,44,45)(H,46,47,48)(H,49,50,51)(H,52,53,54);5-7H,1-4H2;;;;/q;;4*+1/p-4. The van der Waals surface area contributed by atoms with Crippen LogP contribution in [-0.2, 0) is 40.5 Å². The maximum atomic E-state index is 12.8. The molecule has 6 aromatic rings. The molecule has 0 fully saturated rings. The van der Waals surface area contributed by atoms with E-state index in [0.29, 0.717) is 35.6 Å². The monoisotopic (exact) mass is 1060 g/mol. The van der Waals surface area contributed by atoms with Crippen LogP contribution < -0.4 is 134 Å². The van der Waals surface area contributed by atoms with Gasteiger partial charge in [-0.1, -0.05) is 24.3 Å². The molecule has 0 aliphatic carbocycles. The molecule has 0 heterocycles. The molecular weight excluding hydrogens is 1030 g/mol. The Labute approximate surface area is 485 Å². The van der Waals surface area contributed by atoms with E-state index in [1.807, 2.05) is 0 Å². The van der Waals surface area contributed by atoms with Crippen molar-refractivity contribution < 1.29 is 185 Å². The summed E-state index contributed by atoms with van der Waals surface area (Å²) in [7, 11) is -20.4. The quantitative estimate of drug-likeness (QED) is 0.0293. The maximum absolute atomic E-state index is 12.8. The minimum absolute atomic E-state index is 0. The van der Waals surface area contributed by atoms with Crippen LogP contribution in [0.25, 0.3) is 21.5 Å². The Morgan fingerprint density at radius 3 is 1.13 bits per heavy atom. The molecule has 0 aliphatic rings. The zero-order valence-electron chi connectivity index (χ0n) is 37.7. The summed E-state index contributed by atoms with van der Waals surface area (Å²) >= 11 is 0. The topological polar surface area (TPSA) is 372 Å². The Kier molecular flexibility index (Phi) is 26.1. The van der Waals surface area contributed by atoms with Crippen LogP contribution in [0.5, 0.6) is 0 Å². The number of aliphatic hydroxyl groups is 2. The number of benzene rings is 6. The number of nitrogens with one attached hydrogen (secondary N) is 3. The summed E-state index contributed by atoms with van der Waals surface area (Å²) in [6.45, 7) is 4.65. The average molecular weight is 1060 g/mol. The van der Waals surface area contributed by atoms with Gasteiger partial charge in [0.05, 0.1) is 55.5 Å². The second kappa shape index (κ2) is 27.8. The third kappa shape index (κ3) is 18.1. The second-order valence-electron chi connectivity index (χ2n) is 13.6. The van der Waals surface area contributed by atoms with Gasteiger partial charge in [0, 0.05) is 46.0 Å². The number of hydrogen-bond donors (Lipinski definition) is 5. The van der Waals surface area contributed by atoms with E-state index in [9.17, 15) is 56.7 Å². The van der Waals surface area contributed by atoms with Crippen LogP contribution in [0, 0.1) is 13.8 Å². The molecule has 0 unspecified atom stereocenters. The van der Waals surface area contributed by atoms with Gasteiger partial charge >= 0.3 is 124 Å². The first kappa shape index (κ1) is 64.8. The molecule has 0 radical (unpaired) electrons. The molecule has 0 atom stereocenters. The third-order valence-electron chi connectivity index (χ3n) is 8.92. The van der Waals surface area contributed by atoms with Crippen molar-refractivity contribution in [3.63, 3.8) is 0 Å². The van der Waals surface area contributed by atoms with Gasteiger partial charge in [0.25, 0.3) is 0 Å². The number of aliphatic hydroxyl groups excluding tert-OH is 2. The summed E-state index contributed by atoms with van der Waals surface area (Å²) in [6.07, 6.45) is 0. The number of azo groups is 2. The number of fused-ring (bicyclic) bond motifs is 2. The first-order valence-corrected chi connectivity index (χ1v) is 24.1. The molecule has 0 spiro atoms. The summed E-state index contributed by atoms with van der Waals surface area (Å²) in [5.74, 6) is 0. The van der Waals surface area contributed by atoms with Crippen molar-refractivity contribution in [3.8, 4) is 0 Å². The number of urea groups is 1. The molecule has 0 aromatic heterocycles. The zero-order chi connectivity index (χ0) is 47.9. The molecule has 2 amide bonds. The smallest absolute Gasteiger partial charge is 0.744 e. The molecule has 30 heteroatoms. The molecule has 69 heavy (non-hydrogen) atoms. The van der Waals surface area contributed by atoms with E-state index in [1.165, 1.54) is 48.5 Å². The van der Waals surface area contributed by atoms with Crippen molar-refractivity contribution in [1.82, 2.24) is 5.32 Å². The Balaban J connectivity index is 0.00000201. The SMILES string of the molecule is Cc1cc(NC(=O)Nc2ccc(N=Nc3cc(S(=O)(=O)[O-])c4cccc(S(=O)(=O)[O-])c4c3)c(C)c2)ccc1N=Nc1cc(S(=O)(=O)[O-])c2cccc(S(=O)(=O)[O-])c2c1.OCCNCCO.[Na+].[Na+].[Na+].[Na+]. The minimum atomic E-state index is -5.13. The van der Waals surface area contributed by atoms with Gasteiger partial charge in [-0.3, -0.25) is 0 Å². The predicted octanol–water partition coefficient (Wildman–Crippen LogP) is -6.72. The van der Waals surface area contributed by atoms with Crippen molar-refractivity contribution in [3.05, 3.63) is 108 Å². The van der Waals surface area contributed by atoms with Crippen LogP contribution in [0.3, 0.4) is 0 Å². The van der Waals surface area contributed by atoms with E-state index in [1.54, 1.807) is 13.8 Å². The Morgan fingerprint density at radius 2 is 0.826 bits per heavy atom. The van der Waals surface area contributed by atoms with E-state index >= 15 is 0 Å². The summed E-state index contributed by atoms with van der Waals surface area (Å²) in [5, 5.41) is 39.2. The van der Waals surface area contributed by atoms with Gasteiger partial charge in [-0.15, -0.1) is 0 Å². The number of aryl methyl sites for hydroxylation is 2. The minimum Gasteiger partial charge on any atom is -0.744 e. The van der Waals surface area contributed by atoms with Gasteiger partial charge < -0.3 is 44.4 Å². The average Bonchev–Trinajstić information content (AvgIpc) is 3.21. The van der Waals surface area contributed by atoms with Crippen molar-refractivity contribution >= 4 is 102 Å². The van der Waals surface area contributed by atoms with Crippen molar-refractivity contribution in [2.45, 2.75) is 33.4 Å². The third-order valence-corrected chi connectivity index (χ3v) is 12.5. The molecule has 0 bridgehead atoms. The first-order chi connectivity index (χ1) is 30.4. The molecule has 6 aromatic carbocycles. The van der Waals surface area contributed by atoms with Crippen LogP contribution in [-0.4, -0.2) is 94.4 Å². The Morgan fingerprint density at radius 1 is 0.478 bits per heavy atom. The normalized spacial score (nSPS) is 11.7. The molecule has 0 saturated heterocycles. The van der Waals surface area contributed by atoms with Crippen LogP contribution in [0.2, 0.25) is 0 Å². The van der Waals surface area contributed by atoms with Gasteiger partial charge in [0.1, 0.15) is 40.5 Å². The van der Waals surface area contributed by atoms with Crippen LogP contribution in [0.1, 0.15) is 11.1 Å². The van der Waals surface area contributed by atoms with Crippen LogP contribution >= 0.6 is 0 Å². The van der Waals surface area contributed by atoms with E-state index in [-0.39, 0.29) is 176 Å². The number of carbonyl (C=O) groups is 1. The Bertz CT molecular complexity index is 3130. The Hall–Kier alpha value is -2.17. The van der Waals surface area contributed by atoms with Crippen molar-refractivity contribution in [1.29, 1.82) is 0 Å². The molecule has 6 rings (SSSR count). The number of carbonyl (C=O) groups excluding carboxylic acids is 1. The summed E-state index contributed by atoms with van der Waals surface area (Å²) in [4.78, 5) is 9.76. The van der Waals surface area contributed by atoms with E-state index in [2.05, 4.69) is 36.4 Å². The zero-order valence-corrected chi connectivity index (χ0v) is 49.0. The van der Waals surface area contributed by atoms with Crippen molar-refractivity contribution in [2.24, 2.45) is 20.5 Å². The fraction of sp³-hybridized carbons (Fsp3) is 0.154. The van der Waals surface area contributed by atoms with Crippen LogP contribution in [0.15, 0.2) is 137 Å².